The van der Waals surface area contributed by atoms with Gasteiger partial charge in [0.2, 0.25) is 11.8 Å². The SMILES string of the molecule is Cc1ccc(CN(C(=O)CSCc2ccc(F)cc2)[C@H](C)C(=O)NC(C)(C)C)cc1. The molecule has 1 atom stereocenters. The van der Waals surface area contributed by atoms with Gasteiger partial charge in [0.05, 0.1) is 5.75 Å². The van der Waals surface area contributed by atoms with Crippen molar-refractivity contribution in [2.24, 2.45) is 0 Å². The Morgan fingerprint density at radius 3 is 2.17 bits per heavy atom. The quantitative estimate of drug-likeness (QED) is 0.660. The van der Waals surface area contributed by atoms with Gasteiger partial charge in [0.15, 0.2) is 0 Å². The molecule has 0 unspecified atom stereocenters. The third-order valence-electron chi connectivity index (χ3n) is 4.55. The van der Waals surface area contributed by atoms with Gasteiger partial charge in [-0.25, -0.2) is 4.39 Å². The van der Waals surface area contributed by atoms with Crippen molar-refractivity contribution in [1.29, 1.82) is 0 Å². The maximum absolute atomic E-state index is 13.1. The zero-order valence-electron chi connectivity index (χ0n) is 18.4. The molecular formula is C24H31FN2O2S. The number of rotatable bonds is 8. The first-order valence-electron chi connectivity index (χ1n) is 10.0. The fourth-order valence-corrected chi connectivity index (χ4v) is 3.74. The fraction of sp³-hybridized carbons (Fsp3) is 0.417. The first kappa shape index (κ1) is 23.9. The summed E-state index contributed by atoms with van der Waals surface area (Å²) in [5, 5.41) is 2.96. The molecule has 0 spiro atoms. The number of carbonyl (C=O) groups excluding carboxylic acids is 2. The Bertz CT molecular complexity index is 845. The first-order valence-corrected chi connectivity index (χ1v) is 11.2. The van der Waals surface area contributed by atoms with Crippen LogP contribution in [0.4, 0.5) is 4.39 Å². The van der Waals surface area contributed by atoms with Crippen LogP contribution in [0.1, 0.15) is 44.4 Å². The minimum absolute atomic E-state index is 0.0979. The standard InChI is InChI=1S/C24H31FN2O2S/c1-17-6-8-19(9-7-17)14-27(18(2)23(29)26-24(3,4)5)22(28)16-30-15-20-10-12-21(25)13-11-20/h6-13,18H,14-16H2,1-5H3,(H,26,29)/t18-/m1/s1. The molecule has 0 aliphatic carbocycles. The van der Waals surface area contributed by atoms with Crippen molar-refractivity contribution in [2.75, 3.05) is 5.75 Å². The number of carbonyl (C=O) groups is 2. The van der Waals surface area contributed by atoms with Crippen molar-refractivity contribution >= 4 is 23.6 Å². The van der Waals surface area contributed by atoms with E-state index in [1.54, 1.807) is 24.0 Å². The molecule has 0 heterocycles. The molecule has 2 aromatic carbocycles. The Hall–Kier alpha value is -2.34. The van der Waals surface area contributed by atoms with Gasteiger partial charge >= 0.3 is 0 Å². The second-order valence-electron chi connectivity index (χ2n) is 8.54. The van der Waals surface area contributed by atoms with Crippen molar-refractivity contribution in [1.82, 2.24) is 10.2 Å². The normalized spacial score (nSPS) is 12.3. The zero-order chi connectivity index (χ0) is 22.3. The molecule has 0 aliphatic rings. The fourth-order valence-electron chi connectivity index (χ4n) is 2.87. The molecule has 2 aromatic rings. The van der Waals surface area contributed by atoms with E-state index in [1.165, 1.54) is 23.9 Å². The summed E-state index contributed by atoms with van der Waals surface area (Å²) in [7, 11) is 0. The molecule has 0 aromatic heterocycles. The smallest absolute Gasteiger partial charge is 0.242 e. The summed E-state index contributed by atoms with van der Waals surface area (Å²) in [6.45, 7) is 9.90. The molecule has 0 saturated heterocycles. The van der Waals surface area contributed by atoms with Crippen LogP contribution in [0, 0.1) is 12.7 Å². The predicted molar refractivity (Wildman–Crippen MR) is 122 cm³/mol. The lowest BCUT2D eigenvalue weighted by Crippen LogP contribution is -2.52. The maximum Gasteiger partial charge on any atom is 0.242 e. The number of aryl methyl sites for hydroxylation is 1. The van der Waals surface area contributed by atoms with Gasteiger partial charge in [0.25, 0.3) is 0 Å². The van der Waals surface area contributed by atoms with Gasteiger partial charge in [-0.1, -0.05) is 42.0 Å². The lowest BCUT2D eigenvalue weighted by atomic mass is 10.1. The first-order chi connectivity index (χ1) is 14.0. The van der Waals surface area contributed by atoms with Gasteiger partial charge < -0.3 is 10.2 Å². The number of amides is 2. The van der Waals surface area contributed by atoms with Crippen molar-refractivity contribution in [3.63, 3.8) is 0 Å². The van der Waals surface area contributed by atoms with E-state index in [2.05, 4.69) is 5.32 Å². The van der Waals surface area contributed by atoms with Crippen molar-refractivity contribution in [3.05, 3.63) is 71.0 Å². The number of nitrogens with one attached hydrogen (secondary N) is 1. The average molecular weight is 431 g/mol. The van der Waals surface area contributed by atoms with Crippen molar-refractivity contribution in [3.8, 4) is 0 Å². The number of thioether (sulfide) groups is 1. The molecular weight excluding hydrogens is 399 g/mol. The van der Waals surface area contributed by atoms with Gasteiger partial charge in [-0.05, 0) is 57.9 Å². The highest BCUT2D eigenvalue weighted by atomic mass is 32.2. The number of hydrogen-bond donors (Lipinski definition) is 1. The van der Waals surface area contributed by atoms with E-state index in [-0.39, 0.29) is 28.9 Å². The number of hydrogen-bond acceptors (Lipinski definition) is 3. The van der Waals surface area contributed by atoms with Crippen molar-refractivity contribution in [2.45, 2.75) is 58.5 Å². The van der Waals surface area contributed by atoms with Gasteiger partial charge in [-0.15, -0.1) is 11.8 Å². The van der Waals surface area contributed by atoms with E-state index in [9.17, 15) is 14.0 Å². The van der Waals surface area contributed by atoms with Crippen LogP contribution in [-0.4, -0.2) is 34.0 Å². The molecule has 0 fully saturated rings. The summed E-state index contributed by atoms with van der Waals surface area (Å²) >= 11 is 1.46. The van der Waals surface area contributed by atoms with E-state index in [0.29, 0.717) is 12.3 Å². The number of halogens is 1. The zero-order valence-corrected chi connectivity index (χ0v) is 19.2. The van der Waals surface area contributed by atoms with Crippen LogP contribution in [0.25, 0.3) is 0 Å². The molecule has 0 radical (unpaired) electrons. The van der Waals surface area contributed by atoms with E-state index < -0.39 is 6.04 Å². The molecule has 6 heteroatoms. The molecule has 162 valence electrons. The Balaban J connectivity index is 2.08. The number of benzene rings is 2. The van der Waals surface area contributed by atoms with Crippen molar-refractivity contribution < 1.29 is 14.0 Å². The maximum atomic E-state index is 13.1. The molecule has 0 saturated carbocycles. The third-order valence-corrected chi connectivity index (χ3v) is 5.54. The Kier molecular flexibility index (Phi) is 8.47. The van der Waals surface area contributed by atoms with E-state index in [1.807, 2.05) is 52.0 Å². The summed E-state index contributed by atoms with van der Waals surface area (Å²) in [5.41, 5.74) is 2.71. The monoisotopic (exact) mass is 430 g/mol. The van der Waals surface area contributed by atoms with E-state index >= 15 is 0 Å². The van der Waals surface area contributed by atoms with E-state index in [0.717, 1.165) is 16.7 Å². The minimum Gasteiger partial charge on any atom is -0.350 e. The lowest BCUT2D eigenvalue weighted by molar-refractivity contribution is -0.139. The summed E-state index contributed by atoms with van der Waals surface area (Å²) < 4.78 is 13.1. The largest absolute Gasteiger partial charge is 0.350 e. The predicted octanol–water partition coefficient (Wildman–Crippen LogP) is 4.70. The lowest BCUT2D eigenvalue weighted by Gasteiger charge is -2.31. The van der Waals surface area contributed by atoms with Crippen LogP contribution in [0.5, 0.6) is 0 Å². The van der Waals surface area contributed by atoms with Crippen LogP contribution in [-0.2, 0) is 21.9 Å². The van der Waals surface area contributed by atoms with Crippen LogP contribution in [0.3, 0.4) is 0 Å². The molecule has 30 heavy (non-hydrogen) atoms. The Morgan fingerprint density at radius 2 is 1.60 bits per heavy atom. The summed E-state index contributed by atoms with van der Waals surface area (Å²) in [5.74, 6) is 0.303. The molecule has 2 amide bonds. The summed E-state index contributed by atoms with van der Waals surface area (Å²) in [6.07, 6.45) is 0. The highest BCUT2D eigenvalue weighted by molar-refractivity contribution is 7.99. The van der Waals surface area contributed by atoms with Crippen LogP contribution in [0.2, 0.25) is 0 Å². The average Bonchev–Trinajstić information content (AvgIpc) is 2.67. The molecule has 1 N–H and O–H groups in total. The second-order valence-corrected chi connectivity index (χ2v) is 9.53. The van der Waals surface area contributed by atoms with Gasteiger partial charge in [-0.2, -0.15) is 0 Å². The Labute approximate surface area is 183 Å². The third kappa shape index (κ3) is 7.82. The van der Waals surface area contributed by atoms with Crippen LogP contribution in [0.15, 0.2) is 48.5 Å². The van der Waals surface area contributed by atoms with Gasteiger partial charge in [0, 0.05) is 17.8 Å². The minimum atomic E-state index is -0.593. The van der Waals surface area contributed by atoms with Crippen LogP contribution < -0.4 is 5.32 Å². The van der Waals surface area contributed by atoms with E-state index in [4.69, 9.17) is 0 Å². The Morgan fingerprint density at radius 1 is 1.03 bits per heavy atom. The topological polar surface area (TPSA) is 49.4 Å². The summed E-state index contributed by atoms with van der Waals surface area (Å²) in [6, 6.07) is 13.6. The summed E-state index contributed by atoms with van der Waals surface area (Å²) in [4.78, 5) is 27.4. The molecule has 4 nitrogen and oxygen atoms in total. The molecule has 2 rings (SSSR count). The highest BCUT2D eigenvalue weighted by Gasteiger charge is 2.28. The number of nitrogens with zero attached hydrogens (tertiary/aromatic N) is 1. The molecule has 0 bridgehead atoms. The van der Waals surface area contributed by atoms with Gasteiger partial charge in [-0.3, -0.25) is 9.59 Å². The highest BCUT2D eigenvalue weighted by Crippen LogP contribution is 2.17. The second kappa shape index (κ2) is 10.6. The van der Waals surface area contributed by atoms with Gasteiger partial charge in [0.1, 0.15) is 11.9 Å². The van der Waals surface area contributed by atoms with Crippen LogP contribution >= 0.6 is 11.8 Å². The molecule has 0 aliphatic heterocycles.